The van der Waals surface area contributed by atoms with Gasteiger partial charge in [-0.1, -0.05) is 51.2 Å². The van der Waals surface area contributed by atoms with E-state index >= 15 is 0 Å². The van der Waals surface area contributed by atoms with Crippen LogP contribution in [-0.2, 0) is 0 Å². The minimum Gasteiger partial charge on any atom is -0.497 e. The van der Waals surface area contributed by atoms with Gasteiger partial charge in [0, 0.05) is 5.69 Å². The molecule has 1 N–H and O–H groups in total. The summed E-state index contributed by atoms with van der Waals surface area (Å²) in [6, 6.07) is 16.8. The summed E-state index contributed by atoms with van der Waals surface area (Å²) in [7, 11) is 3.40. The second-order valence-corrected chi connectivity index (χ2v) is 6.40. The largest absolute Gasteiger partial charge is 0.497 e. The van der Waals surface area contributed by atoms with Gasteiger partial charge in [-0.15, -0.1) is 0 Å². The quantitative estimate of drug-likeness (QED) is 0.492. The van der Waals surface area contributed by atoms with E-state index in [2.05, 4.69) is 36.5 Å². The molecular weight excluding hydrogens is 310 g/mol. The third-order valence-corrected chi connectivity index (χ3v) is 4.55. The van der Waals surface area contributed by atoms with Crippen molar-refractivity contribution in [3.63, 3.8) is 0 Å². The van der Waals surface area contributed by atoms with Crippen LogP contribution in [0.4, 0.5) is 5.69 Å². The van der Waals surface area contributed by atoms with E-state index in [0.29, 0.717) is 6.04 Å². The summed E-state index contributed by atoms with van der Waals surface area (Å²) in [5.74, 6) is 1.78. The van der Waals surface area contributed by atoms with Crippen LogP contribution < -0.4 is 14.8 Å². The summed E-state index contributed by atoms with van der Waals surface area (Å²) >= 11 is 0. The monoisotopic (exact) mass is 341 g/mol. The number of hydrogen-bond donors (Lipinski definition) is 1. The second-order valence-electron chi connectivity index (χ2n) is 6.40. The van der Waals surface area contributed by atoms with Gasteiger partial charge in [0.05, 0.1) is 20.3 Å². The highest BCUT2D eigenvalue weighted by molar-refractivity contribution is 5.48. The van der Waals surface area contributed by atoms with Crippen molar-refractivity contribution in [2.45, 2.75) is 51.5 Å². The van der Waals surface area contributed by atoms with Gasteiger partial charge in [-0.3, -0.25) is 0 Å². The molecule has 0 amide bonds. The van der Waals surface area contributed by atoms with Crippen molar-refractivity contribution in [2.75, 3.05) is 19.5 Å². The van der Waals surface area contributed by atoms with Crippen molar-refractivity contribution in [1.82, 2.24) is 0 Å². The normalized spacial score (nSPS) is 11.8. The molecule has 0 fully saturated rings. The topological polar surface area (TPSA) is 30.5 Å². The minimum absolute atomic E-state index is 0.306. The molecule has 3 nitrogen and oxygen atoms in total. The highest BCUT2D eigenvalue weighted by Crippen LogP contribution is 2.27. The average molecular weight is 341 g/mol. The molecule has 0 radical (unpaired) electrons. The number of rotatable bonds is 11. The molecule has 0 aliphatic heterocycles. The number of anilines is 1. The van der Waals surface area contributed by atoms with E-state index in [4.69, 9.17) is 9.47 Å². The van der Waals surface area contributed by atoms with Gasteiger partial charge >= 0.3 is 0 Å². The van der Waals surface area contributed by atoms with Crippen molar-refractivity contribution >= 4 is 5.69 Å². The first kappa shape index (κ1) is 19.2. The molecule has 0 bridgehead atoms. The zero-order chi connectivity index (χ0) is 17.9. The Balaban J connectivity index is 2.03. The first-order valence-corrected chi connectivity index (χ1v) is 9.31. The maximum atomic E-state index is 5.28. The Morgan fingerprint density at radius 3 is 1.88 bits per heavy atom. The number of unbranched alkanes of at least 4 members (excludes halogenated alkanes) is 4. The predicted molar refractivity (Wildman–Crippen MR) is 106 cm³/mol. The molecule has 0 saturated heterocycles. The lowest BCUT2D eigenvalue weighted by molar-refractivity contribution is 0.414. The number of benzene rings is 2. The van der Waals surface area contributed by atoms with Crippen LogP contribution in [0.15, 0.2) is 48.5 Å². The van der Waals surface area contributed by atoms with E-state index in [1.165, 1.54) is 37.7 Å². The van der Waals surface area contributed by atoms with Gasteiger partial charge < -0.3 is 14.8 Å². The molecule has 0 aromatic heterocycles. The van der Waals surface area contributed by atoms with Crippen LogP contribution in [0.1, 0.15) is 57.1 Å². The number of ether oxygens (including phenoxy) is 2. The highest BCUT2D eigenvalue weighted by atomic mass is 16.5. The zero-order valence-electron chi connectivity index (χ0n) is 15.8. The molecule has 0 aliphatic carbocycles. The van der Waals surface area contributed by atoms with Crippen LogP contribution >= 0.6 is 0 Å². The van der Waals surface area contributed by atoms with Crippen molar-refractivity contribution in [3.8, 4) is 11.5 Å². The molecule has 1 atom stereocenters. The molecule has 0 aliphatic rings. The fourth-order valence-electron chi connectivity index (χ4n) is 3.00. The lowest BCUT2D eigenvalue weighted by Crippen LogP contribution is -2.11. The van der Waals surface area contributed by atoms with E-state index in [-0.39, 0.29) is 0 Å². The lowest BCUT2D eigenvalue weighted by Gasteiger charge is -2.21. The van der Waals surface area contributed by atoms with E-state index in [9.17, 15) is 0 Å². The Kier molecular flexibility index (Phi) is 8.17. The maximum Gasteiger partial charge on any atom is 0.119 e. The second kappa shape index (κ2) is 10.7. The van der Waals surface area contributed by atoms with E-state index in [1.54, 1.807) is 14.2 Å². The standard InChI is InChI=1S/C22H31NO2/c1-4-5-6-7-8-9-22(18-10-14-20(24-2)15-11-18)23-19-12-16-21(25-3)17-13-19/h10-17,22-23H,4-9H2,1-3H3. The van der Waals surface area contributed by atoms with Gasteiger partial charge in [0.2, 0.25) is 0 Å². The van der Waals surface area contributed by atoms with Gasteiger partial charge in [0.15, 0.2) is 0 Å². The summed E-state index contributed by atoms with van der Waals surface area (Å²) < 4.78 is 10.5. The van der Waals surface area contributed by atoms with Crippen LogP contribution in [0.25, 0.3) is 0 Å². The zero-order valence-corrected chi connectivity index (χ0v) is 15.8. The van der Waals surface area contributed by atoms with E-state index in [0.717, 1.165) is 23.6 Å². The molecule has 2 aromatic carbocycles. The van der Waals surface area contributed by atoms with E-state index in [1.807, 2.05) is 24.3 Å². The highest BCUT2D eigenvalue weighted by Gasteiger charge is 2.12. The Hall–Kier alpha value is -2.16. The molecule has 3 heteroatoms. The lowest BCUT2D eigenvalue weighted by atomic mass is 9.99. The molecule has 0 saturated carbocycles. The predicted octanol–water partition coefficient (Wildman–Crippen LogP) is 6.22. The SMILES string of the molecule is CCCCCCCC(Nc1ccc(OC)cc1)c1ccc(OC)cc1. The summed E-state index contributed by atoms with van der Waals surface area (Å²) in [4.78, 5) is 0. The molecule has 2 rings (SSSR count). The van der Waals surface area contributed by atoms with Gasteiger partial charge in [-0.25, -0.2) is 0 Å². The van der Waals surface area contributed by atoms with Crippen LogP contribution in [0.3, 0.4) is 0 Å². The van der Waals surface area contributed by atoms with E-state index < -0.39 is 0 Å². The summed E-state index contributed by atoms with van der Waals surface area (Å²) in [5.41, 5.74) is 2.42. The Morgan fingerprint density at radius 2 is 1.32 bits per heavy atom. The summed E-state index contributed by atoms with van der Waals surface area (Å²) in [6.45, 7) is 2.26. The Labute approximate surface area is 152 Å². The van der Waals surface area contributed by atoms with Gasteiger partial charge in [-0.05, 0) is 48.4 Å². The third kappa shape index (κ3) is 6.33. The minimum atomic E-state index is 0.306. The number of nitrogens with one attached hydrogen (secondary N) is 1. The maximum absolute atomic E-state index is 5.28. The molecule has 0 heterocycles. The summed E-state index contributed by atoms with van der Waals surface area (Å²) in [6.07, 6.45) is 7.60. The first-order chi connectivity index (χ1) is 12.3. The Bertz CT molecular complexity index is 592. The van der Waals surface area contributed by atoms with Crippen LogP contribution in [0.5, 0.6) is 11.5 Å². The Morgan fingerprint density at radius 1 is 0.760 bits per heavy atom. The fourth-order valence-corrected chi connectivity index (χ4v) is 3.00. The molecule has 2 aromatic rings. The van der Waals surface area contributed by atoms with Crippen molar-refractivity contribution in [3.05, 3.63) is 54.1 Å². The molecular formula is C22H31NO2. The first-order valence-electron chi connectivity index (χ1n) is 9.31. The fraction of sp³-hybridized carbons (Fsp3) is 0.455. The third-order valence-electron chi connectivity index (χ3n) is 4.55. The van der Waals surface area contributed by atoms with Crippen molar-refractivity contribution < 1.29 is 9.47 Å². The molecule has 1 unspecified atom stereocenters. The average Bonchev–Trinajstić information content (AvgIpc) is 2.67. The van der Waals surface area contributed by atoms with Crippen LogP contribution in [0, 0.1) is 0 Å². The molecule has 136 valence electrons. The van der Waals surface area contributed by atoms with Gasteiger partial charge in [-0.2, -0.15) is 0 Å². The summed E-state index contributed by atoms with van der Waals surface area (Å²) in [5, 5.41) is 3.68. The molecule has 25 heavy (non-hydrogen) atoms. The van der Waals surface area contributed by atoms with Crippen LogP contribution in [-0.4, -0.2) is 14.2 Å². The van der Waals surface area contributed by atoms with Crippen molar-refractivity contribution in [1.29, 1.82) is 0 Å². The smallest absolute Gasteiger partial charge is 0.119 e. The number of methoxy groups -OCH3 is 2. The molecule has 0 spiro atoms. The van der Waals surface area contributed by atoms with Crippen molar-refractivity contribution in [2.24, 2.45) is 0 Å². The van der Waals surface area contributed by atoms with Crippen LogP contribution in [0.2, 0.25) is 0 Å². The number of hydrogen-bond acceptors (Lipinski definition) is 3. The van der Waals surface area contributed by atoms with Gasteiger partial charge in [0.25, 0.3) is 0 Å². The van der Waals surface area contributed by atoms with Gasteiger partial charge in [0.1, 0.15) is 11.5 Å².